The summed E-state index contributed by atoms with van der Waals surface area (Å²) in [5, 5.41) is 12.5. The molecule has 5 aromatic rings. The molecule has 0 atom stereocenters. The van der Waals surface area contributed by atoms with Gasteiger partial charge in [-0.05, 0) is 43.3 Å². The van der Waals surface area contributed by atoms with Crippen LogP contribution in [0.4, 0.5) is 5.82 Å². The number of aryl methyl sites for hydroxylation is 1. The zero-order valence-corrected chi connectivity index (χ0v) is 15.7. The molecule has 0 aliphatic heterocycles. The number of nitrogens with zero attached hydrogens (tertiary/aromatic N) is 4. The van der Waals surface area contributed by atoms with Crippen molar-refractivity contribution in [1.29, 1.82) is 0 Å². The molecule has 0 aliphatic carbocycles. The largest absolute Gasteiger partial charge is 0.467 e. The van der Waals surface area contributed by atoms with Gasteiger partial charge in [-0.2, -0.15) is 0 Å². The normalized spacial score (nSPS) is 11.1. The Bertz CT molecular complexity index is 1260. The monoisotopic (exact) mass is 383 g/mol. The first-order chi connectivity index (χ1) is 14.3. The third kappa shape index (κ3) is 3.45. The number of aromatic nitrogens is 4. The van der Waals surface area contributed by atoms with E-state index in [0.717, 1.165) is 22.2 Å². The van der Waals surface area contributed by atoms with Crippen molar-refractivity contribution in [3.63, 3.8) is 0 Å². The van der Waals surface area contributed by atoms with Crippen LogP contribution in [0.1, 0.15) is 11.3 Å². The van der Waals surface area contributed by atoms with Gasteiger partial charge in [0, 0.05) is 10.9 Å². The van der Waals surface area contributed by atoms with Crippen LogP contribution in [0.15, 0.2) is 75.8 Å². The Morgan fingerprint density at radius 1 is 0.862 bits per heavy atom. The fourth-order valence-electron chi connectivity index (χ4n) is 3.02. The molecule has 7 nitrogen and oxygen atoms in total. The number of nitrogens with one attached hydrogen (secondary N) is 1. The summed E-state index contributed by atoms with van der Waals surface area (Å²) in [7, 11) is 0. The highest BCUT2D eigenvalue weighted by molar-refractivity contribution is 5.90. The van der Waals surface area contributed by atoms with Gasteiger partial charge in [0.15, 0.2) is 0 Å². The molecule has 0 fully saturated rings. The number of furan rings is 1. The molecule has 7 heteroatoms. The third-order valence-electron chi connectivity index (χ3n) is 4.53. The average Bonchev–Trinajstić information content (AvgIpc) is 3.45. The van der Waals surface area contributed by atoms with Gasteiger partial charge in [-0.15, -0.1) is 10.2 Å². The van der Waals surface area contributed by atoms with E-state index >= 15 is 0 Å². The third-order valence-corrected chi connectivity index (χ3v) is 4.53. The van der Waals surface area contributed by atoms with Gasteiger partial charge in [0.05, 0.1) is 18.3 Å². The maximum absolute atomic E-state index is 5.86. The fraction of sp³-hybridized carbons (Fsp3) is 0.0909. The van der Waals surface area contributed by atoms with E-state index in [9.17, 15) is 0 Å². The van der Waals surface area contributed by atoms with E-state index in [1.807, 2.05) is 67.6 Å². The summed E-state index contributed by atoms with van der Waals surface area (Å²) in [5.41, 5.74) is 2.81. The molecule has 5 rings (SSSR count). The van der Waals surface area contributed by atoms with Crippen LogP contribution in [0.2, 0.25) is 0 Å². The van der Waals surface area contributed by atoms with Crippen LogP contribution < -0.4 is 5.32 Å². The van der Waals surface area contributed by atoms with Gasteiger partial charge in [-0.1, -0.05) is 29.8 Å². The quantitative estimate of drug-likeness (QED) is 0.463. The second-order valence-corrected chi connectivity index (χ2v) is 6.62. The zero-order valence-electron chi connectivity index (χ0n) is 15.7. The standard InChI is InChI=1S/C22H17N5O2/c1-14-8-10-15(11-9-14)21-26-27-22(29-21)20-24-18-7-3-2-6-17(18)19(25-20)23-13-16-5-4-12-28-16/h2-12H,13H2,1H3,(H,23,24,25). The highest BCUT2D eigenvalue weighted by Gasteiger charge is 2.16. The summed E-state index contributed by atoms with van der Waals surface area (Å²) in [4.78, 5) is 9.23. The molecule has 0 amide bonds. The second kappa shape index (κ2) is 7.20. The van der Waals surface area contributed by atoms with Crippen molar-refractivity contribution in [3.8, 4) is 23.2 Å². The molecule has 0 saturated heterocycles. The number of para-hydroxylation sites is 1. The van der Waals surface area contributed by atoms with Crippen LogP contribution in [-0.2, 0) is 6.54 Å². The molecule has 3 heterocycles. The molecular formula is C22H17N5O2. The minimum atomic E-state index is 0.271. The van der Waals surface area contributed by atoms with Crippen LogP contribution in [0.25, 0.3) is 34.1 Å². The summed E-state index contributed by atoms with van der Waals surface area (Å²) >= 11 is 0. The predicted molar refractivity (Wildman–Crippen MR) is 109 cm³/mol. The van der Waals surface area contributed by atoms with Crippen molar-refractivity contribution in [1.82, 2.24) is 20.2 Å². The van der Waals surface area contributed by atoms with Crippen LogP contribution in [0.3, 0.4) is 0 Å². The number of fused-ring (bicyclic) bond motifs is 1. The Kier molecular flexibility index (Phi) is 4.25. The van der Waals surface area contributed by atoms with Gasteiger partial charge >= 0.3 is 0 Å². The van der Waals surface area contributed by atoms with Crippen LogP contribution in [0, 0.1) is 6.92 Å². The minimum absolute atomic E-state index is 0.271. The van der Waals surface area contributed by atoms with Crippen molar-refractivity contribution >= 4 is 16.7 Å². The molecule has 0 unspecified atom stereocenters. The molecule has 142 valence electrons. The molecule has 29 heavy (non-hydrogen) atoms. The molecular weight excluding hydrogens is 366 g/mol. The smallest absolute Gasteiger partial charge is 0.286 e. The Balaban J connectivity index is 1.52. The Morgan fingerprint density at radius 2 is 1.69 bits per heavy atom. The van der Waals surface area contributed by atoms with Gasteiger partial charge in [-0.3, -0.25) is 0 Å². The van der Waals surface area contributed by atoms with E-state index in [1.54, 1.807) is 6.26 Å². The molecule has 0 aliphatic rings. The Hall–Kier alpha value is -4.00. The van der Waals surface area contributed by atoms with Gasteiger partial charge in [0.2, 0.25) is 11.7 Å². The van der Waals surface area contributed by atoms with E-state index in [0.29, 0.717) is 24.1 Å². The lowest BCUT2D eigenvalue weighted by molar-refractivity contribution is 0.518. The summed E-state index contributed by atoms with van der Waals surface area (Å²) in [6.07, 6.45) is 1.64. The molecule has 0 spiro atoms. The van der Waals surface area contributed by atoms with Crippen molar-refractivity contribution < 1.29 is 8.83 Å². The molecule has 0 radical (unpaired) electrons. The summed E-state index contributed by atoms with van der Waals surface area (Å²) in [5.74, 6) is 2.57. The molecule has 0 saturated carbocycles. The van der Waals surface area contributed by atoms with Crippen LogP contribution >= 0.6 is 0 Å². The maximum Gasteiger partial charge on any atom is 0.286 e. The number of benzene rings is 2. The van der Waals surface area contributed by atoms with Gasteiger partial charge < -0.3 is 14.2 Å². The SMILES string of the molecule is Cc1ccc(-c2nnc(-c3nc(NCc4ccco4)c4ccccc4n3)o2)cc1. The van der Waals surface area contributed by atoms with E-state index in [4.69, 9.17) is 8.83 Å². The minimum Gasteiger partial charge on any atom is -0.467 e. The molecule has 0 bridgehead atoms. The highest BCUT2D eigenvalue weighted by Crippen LogP contribution is 2.27. The number of rotatable bonds is 5. The van der Waals surface area contributed by atoms with Gasteiger partial charge in [-0.25, -0.2) is 9.97 Å². The Labute approximate surface area is 166 Å². The lowest BCUT2D eigenvalue weighted by Gasteiger charge is -2.08. The first-order valence-corrected chi connectivity index (χ1v) is 9.20. The first kappa shape index (κ1) is 17.1. The van der Waals surface area contributed by atoms with E-state index in [-0.39, 0.29) is 5.89 Å². The van der Waals surface area contributed by atoms with Crippen molar-refractivity contribution in [2.24, 2.45) is 0 Å². The second-order valence-electron chi connectivity index (χ2n) is 6.62. The first-order valence-electron chi connectivity index (χ1n) is 9.20. The predicted octanol–water partition coefficient (Wildman–Crippen LogP) is 4.86. The van der Waals surface area contributed by atoms with Crippen molar-refractivity contribution in [2.75, 3.05) is 5.32 Å². The lowest BCUT2D eigenvalue weighted by Crippen LogP contribution is -2.03. The zero-order chi connectivity index (χ0) is 19.6. The molecule has 1 N–H and O–H groups in total. The average molecular weight is 383 g/mol. The summed E-state index contributed by atoms with van der Waals surface area (Å²) in [6.45, 7) is 2.54. The lowest BCUT2D eigenvalue weighted by atomic mass is 10.1. The molecule has 2 aromatic carbocycles. The number of anilines is 1. The van der Waals surface area contributed by atoms with Crippen molar-refractivity contribution in [2.45, 2.75) is 13.5 Å². The summed E-state index contributed by atoms with van der Waals surface area (Å²) < 4.78 is 11.3. The number of hydrogen-bond acceptors (Lipinski definition) is 7. The Morgan fingerprint density at radius 3 is 2.52 bits per heavy atom. The summed E-state index contributed by atoms with van der Waals surface area (Å²) in [6, 6.07) is 19.4. The van der Waals surface area contributed by atoms with Gasteiger partial charge in [0.25, 0.3) is 5.89 Å². The van der Waals surface area contributed by atoms with Crippen molar-refractivity contribution in [3.05, 3.63) is 78.3 Å². The number of hydrogen-bond donors (Lipinski definition) is 1. The van der Waals surface area contributed by atoms with Crippen LogP contribution in [0.5, 0.6) is 0 Å². The highest BCUT2D eigenvalue weighted by atomic mass is 16.4. The fourth-order valence-corrected chi connectivity index (χ4v) is 3.02. The van der Waals surface area contributed by atoms with Gasteiger partial charge in [0.1, 0.15) is 11.6 Å². The van der Waals surface area contributed by atoms with Crippen LogP contribution in [-0.4, -0.2) is 20.2 Å². The topological polar surface area (TPSA) is 89.9 Å². The van der Waals surface area contributed by atoms with E-state index in [1.165, 1.54) is 5.56 Å². The van der Waals surface area contributed by atoms with E-state index in [2.05, 4.69) is 25.5 Å². The van der Waals surface area contributed by atoms with E-state index < -0.39 is 0 Å². The molecule has 3 aromatic heterocycles. The maximum atomic E-state index is 5.86.